The van der Waals surface area contributed by atoms with Gasteiger partial charge >= 0.3 is 5.97 Å². The highest BCUT2D eigenvalue weighted by molar-refractivity contribution is 5.75. The van der Waals surface area contributed by atoms with Crippen LogP contribution in [0.4, 0.5) is 56.9 Å². The average Bonchev–Trinajstić information content (AvgIpc) is 3.42. The van der Waals surface area contributed by atoms with Crippen molar-refractivity contribution in [2.45, 2.75) is 137 Å². The first-order valence-electron chi connectivity index (χ1n) is 26.4. The van der Waals surface area contributed by atoms with Crippen molar-refractivity contribution >= 4 is 62.8 Å². The van der Waals surface area contributed by atoms with Gasteiger partial charge in [-0.3, -0.25) is 14.9 Å². The van der Waals surface area contributed by atoms with E-state index in [9.17, 15) is 14.9 Å². The number of hydrogen-bond donors (Lipinski definition) is 0. The van der Waals surface area contributed by atoms with Crippen molar-refractivity contribution in [3.8, 4) is 11.5 Å². The van der Waals surface area contributed by atoms with Gasteiger partial charge in [-0.25, -0.2) is 0 Å². The Morgan fingerprint density at radius 3 is 1.19 bits per heavy atom. The molecule has 0 N–H and O–H groups in total. The number of nitro groups is 1. The fourth-order valence-corrected chi connectivity index (χ4v) is 7.83. The molecule has 0 aliphatic heterocycles. The Morgan fingerprint density at radius 2 is 0.838 bits per heavy atom. The summed E-state index contributed by atoms with van der Waals surface area (Å²) < 4.78 is 17.1. The van der Waals surface area contributed by atoms with E-state index in [1.165, 1.54) is 121 Å². The first kappa shape index (κ1) is 57.7. The number of unbranched alkanes of at least 4 members (excludes halogenated alkanes) is 15. The molecule has 0 saturated carbocycles. The van der Waals surface area contributed by atoms with Gasteiger partial charge in [0.05, 0.1) is 65.2 Å². The number of hydrogen-bond acceptors (Lipinski definition) is 15. The molecule has 0 aliphatic rings. The molecule has 0 fully saturated rings. The van der Waals surface area contributed by atoms with E-state index in [0.29, 0.717) is 70.1 Å². The fourth-order valence-electron chi connectivity index (χ4n) is 7.83. The summed E-state index contributed by atoms with van der Waals surface area (Å²) in [6, 6.07) is 31.3. The minimum Gasteiger partial charge on any atom is -0.494 e. The summed E-state index contributed by atoms with van der Waals surface area (Å²) in [5.74, 6) is 0.721. The zero-order chi connectivity index (χ0) is 52.8. The average molecular weight is 1010 g/mol. The van der Waals surface area contributed by atoms with Crippen LogP contribution in [-0.4, -0.2) is 44.8 Å². The van der Waals surface area contributed by atoms with E-state index in [1.54, 1.807) is 74.9 Å². The van der Waals surface area contributed by atoms with Gasteiger partial charge in [0.1, 0.15) is 29.5 Å². The highest BCUT2D eigenvalue weighted by atomic mass is 16.6. The standard InChI is InChI=1S/C58H76N10O6/c1-7-9-10-11-12-13-14-15-16-17-18-19-20-21-22-23-40-67(41-42-74-57(69)58(3,4)8-2)51-36-32-50(33-37-51)64-66-54-44-55(72-5)53(43-56(54)73-6)65-63-48-30-28-47(29-31-48)60-59-45-24-26-46(27-25-45)61-62-49-34-38-52(39-35-49)68(70)71/h24-39,43-44H,7-23,40-42H2,1-6H3. The fraction of sp³-hybridized carbons (Fsp3) is 0.466. The lowest BCUT2D eigenvalue weighted by atomic mass is 9.91. The van der Waals surface area contributed by atoms with Crippen molar-refractivity contribution in [3.05, 3.63) is 119 Å². The molecule has 0 radical (unpaired) electrons. The van der Waals surface area contributed by atoms with Gasteiger partial charge in [-0.2, -0.15) is 30.7 Å². The van der Waals surface area contributed by atoms with Crippen LogP contribution < -0.4 is 14.4 Å². The monoisotopic (exact) mass is 1010 g/mol. The molecule has 16 nitrogen and oxygen atoms in total. The van der Waals surface area contributed by atoms with Gasteiger partial charge in [-0.05, 0) is 112 Å². The lowest BCUT2D eigenvalue weighted by molar-refractivity contribution is -0.384. The van der Waals surface area contributed by atoms with E-state index in [4.69, 9.17) is 14.2 Å². The molecule has 0 atom stereocenters. The molecule has 0 amide bonds. The van der Waals surface area contributed by atoms with Gasteiger partial charge in [0, 0.05) is 36.5 Å². The number of benzene rings is 5. The predicted octanol–water partition coefficient (Wildman–Crippen LogP) is 19.3. The summed E-state index contributed by atoms with van der Waals surface area (Å²) >= 11 is 0. The molecule has 5 aromatic carbocycles. The van der Waals surface area contributed by atoms with Gasteiger partial charge in [0.2, 0.25) is 0 Å². The topological polar surface area (TPSA) is 190 Å². The Kier molecular flexibility index (Phi) is 25.0. The largest absolute Gasteiger partial charge is 0.494 e. The van der Waals surface area contributed by atoms with Crippen LogP contribution in [-0.2, 0) is 9.53 Å². The summed E-state index contributed by atoms with van der Waals surface area (Å²) in [5.41, 5.74) is 5.01. The van der Waals surface area contributed by atoms with Gasteiger partial charge in [0.25, 0.3) is 5.69 Å². The van der Waals surface area contributed by atoms with Crippen LogP contribution >= 0.6 is 0 Å². The third kappa shape index (κ3) is 20.3. The molecule has 0 aliphatic carbocycles. The molecule has 0 aromatic heterocycles. The first-order chi connectivity index (χ1) is 36.0. The van der Waals surface area contributed by atoms with Gasteiger partial charge in [0.15, 0.2) is 0 Å². The smallest absolute Gasteiger partial charge is 0.311 e. The van der Waals surface area contributed by atoms with E-state index >= 15 is 0 Å². The number of azo groups is 4. The quantitative estimate of drug-likeness (QED) is 0.0129. The second-order valence-corrected chi connectivity index (χ2v) is 19.0. The molecular formula is C58H76N10O6. The maximum atomic E-state index is 12.8. The number of rotatable bonds is 34. The molecular weight excluding hydrogens is 933 g/mol. The van der Waals surface area contributed by atoms with Crippen molar-refractivity contribution in [3.63, 3.8) is 0 Å². The molecule has 5 rings (SSSR count). The van der Waals surface area contributed by atoms with Crippen LogP contribution in [0, 0.1) is 15.5 Å². The number of methoxy groups -OCH3 is 2. The third-order valence-corrected chi connectivity index (χ3v) is 12.9. The van der Waals surface area contributed by atoms with E-state index in [-0.39, 0.29) is 11.7 Å². The van der Waals surface area contributed by atoms with E-state index in [2.05, 4.69) is 52.7 Å². The highest BCUT2D eigenvalue weighted by Gasteiger charge is 2.27. The summed E-state index contributed by atoms with van der Waals surface area (Å²) in [6.45, 7) is 9.94. The molecule has 0 heterocycles. The lowest BCUT2D eigenvalue weighted by Gasteiger charge is -2.26. The Bertz CT molecular complexity index is 2560. The molecule has 5 aromatic rings. The lowest BCUT2D eigenvalue weighted by Crippen LogP contribution is -2.32. The number of non-ortho nitro benzene ring substituents is 1. The zero-order valence-electron chi connectivity index (χ0n) is 44.5. The number of carbonyl (C=O) groups excluding carboxylic acids is 1. The second kappa shape index (κ2) is 32.1. The maximum Gasteiger partial charge on any atom is 0.311 e. The summed E-state index contributed by atoms with van der Waals surface area (Å²) in [7, 11) is 3.11. The maximum absolute atomic E-state index is 12.8. The van der Waals surface area contributed by atoms with Gasteiger partial charge in [-0.1, -0.05) is 110 Å². The number of anilines is 1. The molecule has 0 spiro atoms. The number of esters is 1. The number of nitrogens with zero attached hydrogens (tertiary/aromatic N) is 10. The van der Waals surface area contributed by atoms with Crippen LogP contribution in [0.2, 0.25) is 0 Å². The van der Waals surface area contributed by atoms with Crippen molar-refractivity contribution in [2.24, 2.45) is 46.3 Å². The van der Waals surface area contributed by atoms with E-state index in [0.717, 1.165) is 25.1 Å². The van der Waals surface area contributed by atoms with Crippen LogP contribution in [0.15, 0.2) is 150 Å². The summed E-state index contributed by atoms with van der Waals surface area (Å²) in [5, 5.41) is 45.7. The van der Waals surface area contributed by atoms with Crippen LogP contribution in [0.5, 0.6) is 11.5 Å². The van der Waals surface area contributed by atoms with E-state index < -0.39 is 10.3 Å². The number of nitro benzene ring substituents is 1. The SMILES string of the molecule is CCCCCCCCCCCCCCCCCCN(CCOC(=O)C(C)(C)CC)c1ccc(N=Nc2cc(OC)c(N=Nc3ccc(N=Nc4ccc(N=Nc5ccc([N+](=O)[O-])cc5)cc4)cc3)cc2OC)cc1. The normalized spacial score (nSPS) is 11.9. The predicted molar refractivity (Wildman–Crippen MR) is 295 cm³/mol. The molecule has 394 valence electrons. The minimum absolute atomic E-state index is 0.00940. The number of carbonyl (C=O) groups is 1. The Balaban J connectivity index is 1.12. The summed E-state index contributed by atoms with van der Waals surface area (Å²) in [6.07, 6.45) is 22.0. The van der Waals surface area contributed by atoms with Crippen LogP contribution in [0.1, 0.15) is 137 Å². The first-order valence-corrected chi connectivity index (χ1v) is 26.4. The minimum atomic E-state index is -0.510. The second-order valence-electron chi connectivity index (χ2n) is 19.0. The van der Waals surface area contributed by atoms with Crippen LogP contribution in [0.25, 0.3) is 0 Å². The number of ether oxygens (including phenoxy) is 3. The van der Waals surface area contributed by atoms with Crippen molar-refractivity contribution in [1.29, 1.82) is 0 Å². The third-order valence-electron chi connectivity index (χ3n) is 12.9. The van der Waals surface area contributed by atoms with E-state index in [1.807, 2.05) is 45.0 Å². The summed E-state index contributed by atoms with van der Waals surface area (Å²) in [4.78, 5) is 25.5. The Morgan fingerprint density at radius 1 is 0.500 bits per heavy atom. The van der Waals surface area contributed by atoms with Crippen molar-refractivity contribution in [2.75, 3.05) is 38.8 Å². The zero-order valence-corrected chi connectivity index (χ0v) is 44.5. The van der Waals surface area contributed by atoms with Crippen molar-refractivity contribution < 1.29 is 23.9 Å². The van der Waals surface area contributed by atoms with Crippen LogP contribution in [0.3, 0.4) is 0 Å². The highest BCUT2D eigenvalue weighted by Crippen LogP contribution is 2.41. The Hall–Kier alpha value is -7.23. The molecule has 16 heteroatoms. The molecule has 0 saturated heterocycles. The van der Waals surface area contributed by atoms with Crippen molar-refractivity contribution in [1.82, 2.24) is 0 Å². The molecule has 0 bridgehead atoms. The van der Waals surface area contributed by atoms with Gasteiger partial charge < -0.3 is 19.1 Å². The van der Waals surface area contributed by atoms with Gasteiger partial charge in [-0.15, -0.1) is 10.2 Å². The molecule has 0 unspecified atom stereocenters. The Labute approximate surface area is 438 Å². The molecule has 74 heavy (non-hydrogen) atoms.